The summed E-state index contributed by atoms with van der Waals surface area (Å²) in [6.45, 7) is 3.32. The molecule has 0 radical (unpaired) electrons. The SMILES string of the molecule is CCCCCn1ccc2ccc(Cl)cc21. The molecule has 2 heteroatoms. The van der Waals surface area contributed by atoms with E-state index in [2.05, 4.69) is 29.8 Å². The number of benzene rings is 1. The third-order valence-corrected chi connectivity index (χ3v) is 2.97. The minimum absolute atomic E-state index is 0.818. The van der Waals surface area contributed by atoms with Gasteiger partial charge in [-0.2, -0.15) is 0 Å². The van der Waals surface area contributed by atoms with Gasteiger partial charge in [0, 0.05) is 23.3 Å². The Morgan fingerprint density at radius 3 is 2.87 bits per heavy atom. The Morgan fingerprint density at radius 1 is 1.20 bits per heavy atom. The highest BCUT2D eigenvalue weighted by atomic mass is 35.5. The van der Waals surface area contributed by atoms with Gasteiger partial charge in [-0.3, -0.25) is 0 Å². The Bertz CT molecular complexity index is 445. The second kappa shape index (κ2) is 4.71. The predicted octanol–water partition coefficient (Wildman–Crippen LogP) is 4.48. The van der Waals surface area contributed by atoms with Crippen molar-refractivity contribution in [2.24, 2.45) is 0 Å². The van der Waals surface area contributed by atoms with E-state index >= 15 is 0 Å². The lowest BCUT2D eigenvalue weighted by Gasteiger charge is -2.04. The van der Waals surface area contributed by atoms with Crippen LogP contribution < -0.4 is 0 Å². The summed E-state index contributed by atoms with van der Waals surface area (Å²) in [6, 6.07) is 8.22. The Morgan fingerprint density at radius 2 is 2.07 bits per heavy atom. The maximum atomic E-state index is 6.00. The maximum Gasteiger partial charge on any atom is 0.0495 e. The minimum atomic E-state index is 0.818. The van der Waals surface area contributed by atoms with Crippen LogP contribution >= 0.6 is 11.6 Å². The fourth-order valence-electron chi connectivity index (χ4n) is 1.88. The first-order valence-electron chi connectivity index (χ1n) is 5.55. The van der Waals surface area contributed by atoms with Gasteiger partial charge in [0.05, 0.1) is 0 Å². The van der Waals surface area contributed by atoms with Gasteiger partial charge < -0.3 is 4.57 Å². The number of rotatable bonds is 4. The Balaban J connectivity index is 2.23. The minimum Gasteiger partial charge on any atom is -0.347 e. The molecule has 0 saturated carbocycles. The van der Waals surface area contributed by atoms with Crippen LogP contribution in [0.1, 0.15) is 26.2 Å². The van der Waals surface area contributed by atoms with Crippen LogP contribution in [0, 0.1) is 0 Å². The van der Waals surface area contributed by atoms with Crippen molar-refractivity contribution >= 4 is 22.5 Å². The van der Waals surface area contributed by atoms with E-state index in [1.807, 2.05) is 12.1 Å². The zero-order valence-electron chi connectivity index (χ0n) is 9.04. The van der Waals surface area contributed by atoms with E-state index in [0.29, 0.717) is 0 Å². The van der Waals surface area contributed by atoms with Crippen LogP contribution in [0.5, 0.6) is 0 Å². The first-order chi connectivity index (χ1) is 7.31. The fourth-order valence-corrected chi connectivity index (χ4v) is 2.05. The largest absolute Gasteiger partial charge is 0.347 e. The molecular weight excluding hydrogens is 206 g/mol. The molecule has 0 amide bonds. The molecule has 0 atom stereocenters. The molecular formula is C13H16ClN. The standard InChI is InChI=1S/C13H16ClN/c1-2-3-4-8-15-9-7-11-5-6-12(14)10-13(11)15/h5-7,9-10H,2-4,8H2,1H3. The van der Waals surface area contributed by atoms with Crippen LogP contribution in [0.15, 0.2) is 30.5 Å². The number of hydrogen-bond donors (Lipinski definition) is 0. The topological polar surface area (TPSA) is 4.93 Å². The normalized spacial score (nSPS) is 11.1. The summed E-state index contributed by atoms with van der Waals surface area (Å²) < 4.78 is 2.29. The van der Waals surface area contributed by atoms with E-state index < -0.39 is 0 Å². The van der Waals surface area contributed by atoms with Gasteiger partial charge >= 0.3 is 0 Å². The van der Waals surface area contributed by atoms with Crippen molar-refractivity contribution in [2.45, 2.75) is 32.7 Å². The van der Waals surface area contributed by atoms with Crippen molar-refractivity contribution in [3.63, 3.8) is 0 Å². The molecule has 2 rings (SSSR count). The molecule has 0 saturated heterocycles. The molecule has 1 nitrogen and oxygen atoms in total. The summed E-state index contributed by atoms with van der Waals surface area (Å²) in [5.74, 6) is 0. The Labute approximate surface area is 95.7 Å². The molecule has 15 heavy (non-hydrogen) atoms. The molecule has 0 fully saturated rings. The van der Waals surface area contributed by atoms with Gasteiger partial charge in [-0.15, -0.1) is 0 Å². The predicted molar refractivity (Wildman–Crippen MR) is 66.5 cm³/mol. The summed E-state index contributed by atoms with van der Waals surface area (Å²) in [5, 5.41) is 2.09. The number of aryl methyl sites for hydroxylation is 1. The van der Waals surface area contributed by atoms with Crippen LogP contribution in [-0.4, -0.2) is 4.57 Å². The highest BCUT2D eigenvalue weighted by Crippen LogP contribution is 2.20. The molecule has 0 N–H and O–H groups in total. The van der Waals surface area contributed by atoms with E-state index in [0.717, 1.165) is 11.6 Å². The van der Waals surface area contributed by atoms with Gasteiger partial charge in [0.25, 0.3) is 0 Å². The molecule has 0 spiro atoms. The van der Waals surface area contributed by atoms with E-state index in [9.17, 15) is 0 Å². The third kappa shape index (κ3) is 2.35. The number of unbranched alkanes of at least 4 members (excludes halogenated alkanes) is 2. The third-order valence-electron chi connectivity index (χ3n) is 2.74. The van der Waals surface area contributed by atoms with Gasteiger partial charge in [-0.1, -0.05) is 37.4 Å². The quantitative estimate of drug-likeness (QED) is 0.671. The summed E-state index contributed by atoms with van der Waals surface area (Å²) in [7, 11) is 0. The van der Waals surface area contributed by atoms with Gasteiger partial charge in [0.2, 0.25) is 0 Å². The highest BCUT2D eigenvalue weighted by molar-refractivity contribution is 6.31. The fraction of sp³-hybridized carbons (Fsp3) is 0.385. The van der Waals surface area contributed by atoms with Crippen LogP contribution in [0.2, 0.25) is 5.02 Å². The molecule has 0 aliphatic heterocycles. The van der Waals surface area contributed by atoms with Crippen molar-refractivity contribution in [2.75, 3.05) is 0 Å². The van der Waals surface area contributed by atoms with Gasteiger partial charge in [-0.05, 0) is 30.0 Å². The molecule has 1 aromatic carbocycles. The summed E-state index contributed by atoms with van der Waals surface area (Å²) in [6.07, 6.45) is 5.95. The average Bonchev–Trinajstić information content (AvgIpc) is 2.62. The first-order valence-corrected chi connectivity index (χ1v) is 5.93. The highest BCUT2D eigenvalue weighted by Gasteiger charge is 2.00. The van der Waals surface area contributed by atoms with Crippen LogP contribution in [0.3, 0.4) is 0 Å². The second-order valence-electron chi connectivity index (χ2n) is 3.92. The first kappa shape index (κ1) is 10.6. The van der Waals surface area contributed by atoms with Gasteiger partial charge in [-0.25, -0.2) is 0 Å². The molecule has 1 heterocycles. The number of halogens is 1. The van der Waals surface area contributed by atoms with E-state index in [4.69, 9.17) is 11.6 Å². The van der Waals surface area contributed by atoms with Crippen molar-refractivity contribution in [3.8, 4) is 0 Å². The number of aromatic nitrogens is 1. The van der Waals surface area contributed by atoms with Crippen LogP contribution in [-0.2, 0) is 6.54 Å². The Hall–Kier alpha value is -0.950. The second-order valence-corrected chi connectivity index (χ2v) is 4.36. The Kier molecular flexibility index (Phi) is 3.32. The number of nitrogens with zero attached hydrogens (tertiary/aromatic N) is 1. The molecule has 2 aromatic rings. The molecule has 0 aliphatic rings. The monoisotopic (exact) mass is 221 g/mol. The van der Waals surface area contributed by atoms with E-state index in [1.165, 1.54) is 30.2 Å². The molecule has 1 aromatic heterocycles. The molecule has 0 unspecified atom stereocenters. The smallest absolute Gasteiger partial charge is 0.0495 e. The maximum absolute atomic E-state index is 6.00. The summed E-state index contributed by atoms with van der Waals surface area (Å²) in [5.41, 5.74) is 1.25. The zero-order chi connectivity index (χ0) is 10.7. The zero-order valence-corrected chi connectivity index (χ0v) is 9.80. The average molecular weight is 222 g/mol. The van der Waals surface area contributed by atoms with Crippen molar-refractivity contribution in [1.29, 1.82) is 0 Å². The summed E-state index contributed by atoms with van der Waals surface area (Å²) >= 11 is 6.00. The number of fused-ring (bicyclic) bond motifs is 1. The van der Waals surface area contributed by atoms with Gasteiger partial charge in [0.1, 0.15) is 0 Å². The molecule has 0 aliphatic carbocycles. The lowest BCUT2D eigenvalue weighted by atomic mass is 10.2. The van der Waals surface area contributed by atoms with Crippen molar-refractivity contribution in [3.05, 3.63) is 35.5 Å². The van der Waals surface area contributed by atoms with E-state index in [-0.39, 0.29) is 0 Å². The molecule has 0 bridgehead atoms. The van der Waals surface area contributed by atoms with Gasteiger partial charge in [0.15, 0.2) is 0 Å². The van der Waals surface area contributed by atoms with E-state index in [1.54, 1.807) is 0 Å². The van der Waals surface area contributed by atoms with Crippen LogP contribution in [0.25, 0.3) is 10.9 Å². The molecule has 80 valence electrons. The van der Waals surface area contributed by atoms with Crippen molar-refractivity contribution < 1.29 is 0 Å². The van der Waals surface area contributed by atoms with Crippen LogP contribution in [0.4, 0.5) is 0 Å². The number of hydrogen-bond acceptors (Lipinski definition) is 0. The van der Waals surface area contributed by atoms with Crippen molar-refractivity contribution in [1.82, 2.24) is 4.57 Å². The summed E-state index contributed by atoms with van der Waals surface area (Å²) in [4.78, 5) is 0. The lowest BCUT2D eigenvalue weighted by Crippen LogP contribution is -1.95. The lowest BCUT2D eigenvalue weighted by molar-refractivity contribution is 0.616.